The maximum atomic E-state index is 13.4. The molecule has 1 saturated heterocycles. The largest absolute Gasteiger partial charge is 0.365 e. The number of carbonyl (C=O) groups excluding carboxylic acids is 1. The lowest BCUT2D eigenvalue weighted by Gasteiger charge is -2.46. The van der Waals surface area contributed by atoms with Gasteiger partial charge in [0.1, 0.15) is 0 Å². The van der Waals surface area contributed by atoms with Crippen molar-refractivity contribution in [1.82, 2.24) is 14.8 Å². The minimum absolute atomic E-state index is 0.0171. The summed E-state index contributed by atoms with van der Waals surface area (Å²) in [7, 11) is 0. The molecule has 1 atom stereocenters. The van der Waals surface area contributed by atoms with Gasteiger partial charge in [-0.3, -0.25) is 4.79 Å². The molecule has 0 unspecified atom stereocenters. The second kappa shape index (κ2) is 6.54. The van der Waals surface area contributed by atoms with Crippen LogP contribution in [0.5, 0.6) is 0 Å². The average molecular weight is 359 g/mol. The molecule has 0 bridgehead atoms. The number of rotatable bonds is 2. The second-order valence-corrected chi connectivity index (χ2v) is 7.10. The summed E-state index contributed by atoms with van der Waals surface area (Å²) in [4.78, 5) is 22.2. The number of amides is 1. The molecule has 1 amide bonds. The van der Waals surface area contributed by atoms with E-state index in [0.717, 1.165) is 25.2 Å². The Bertz CT molecular complexity index is 968. The van der Waals surface area contributed by atoms with Gasteiger partial charge in [-0.05, 0) is 49.6 Å². The summed E-state index contributed by atoms with van der Waals surface area (Å²) in [5.74, 6) is 0.666. The highest BCUT2D eigenvalue weighted by Crippen LogP contribution is 2.39. The highest BCUT2D eigenvalue weighted by molar-refractivity contribution is 6.08. The van der Waals surface area contributed by atoms with E-state index in [1.165, 1.54) is 18.5 Å². The molecule has 5 rings (SSSR count). The van der Waals surface area contributed by atoms with Crippen LogP contribution in [0.15, 0.2) is 61.1 Å². The van der Waals surface area contributed by atoms with E-state index < -0.39 is 0 Å². The van der Waals surface area contributed by atoms with E-state index in [0.29, 0.717) is 17.4 Å². The van der Waals surface area contributed by atoms with Crippen LogP contribution >= 0.6 is 0 Å². The Labute approximate surface area is 158 Å². The first kappa shape index (κ1) is 16.1. The Morgan fingerprint density at radius 3 is 2.78 bits per heavy atom. The lowest BCUT2D eigenvalue weighted by molar-refractivity contribution is 0.0982. The van der Waals surface area contributed by atoms with Crippen molar-refractivity contribution in [2.75, 3.05) is 22.9 Å². The van der Waals surface area contributed by atoms with Gasteiger partial charge in [-0.2, -0.15) is 5.10 Å². The van der Waals surface area contributed by atoms with Crippen LogP contribution in [0.1, 0.15) is 29.6 Å². The minimum Gasteiger partial charge on any atom is -0.365 e. The summed E-state index contributed by atoms with van der Waals surface area (Å²) < 4.78 is 1.67. The molecular formula is C21H21N5O. The molecule has 1 fully saturated rings. The monoisotopic (exact) mass is 359 g/mol. The minimum atomic E-state index is 0.0171. The lowest BCUT2D eigenvalue weighted by Crippen LogP contribution is -2.53. The van der Waals surface area contributed by atoms with E-state index in [4.69, 9.17) is 0 Å². The smallest absolute Gasteiger partial charge is 0.258 e. The van der Waals surface area contributed by atoms with Crippen LogP contribution in [-0.2, 0) is 0 Å². The number of piperidine rings is 1. The van der Waals surface area contributed by atoms with Crippen LogP contribution in [0, 0.1) is 0 Å². The van der Waals surface area contributed by atoms with Crippen LogP contribution in [0.4, 0.5) is 11.4 Å². The second-order valence-electron chi connectivity index (χ2n) is 7.10. The van der Waals surface area contributed by atoms with Crippen LogP contribution in [0.25, 0.3) is 5.82 Å². The van der Waals surface area contributed by atoms with Crippen molar-refractivity contribution < 1.29 is 4.79 Å². The van der Waals surface area contributed by atoms with Gasteiger partial charge in [0.15, 0.2) is 5.82 Å². The lowest BCUT2D eigenvalue weighted by atomic mass is 9.96. The fraction of sp³-hybridized carbons (Fsp3) is 0.286. The van der Waals surface area contributed by atoms with Gasteiger partial charge in [-0.25, -0.2) is 9.67 Å². The molecule has 0 spiro atoms. The van der Waals surface area contributed by atoms with Crippen LogP contribution in [0.2, 0.25) is 0 Å². The molecular weight excluding hydrogens is 338 g/mol. The van der Waals surface area contributed by atoms with E-state index in [1.807, 2.05) is 35.4 Å². The van der Waals surface area contributed by atoms with Gasteiger partial charge in [0, 0.05) is 43.3 Å². The van der Waals surface area contributed by atoms with Crippen molar-refractivity contribution in [1.29, 1.82) is 0 Å². The number of anilines is 2. The Balaban J connectivity index is 1.52. The number of pyridine rings is 1. The average Bonchev–Trinajstić information content (AvgIpc) is 3.28. The van der Waals surface area contributed by atoms with Gasteiger partial charge < -0.3 is 9.80 Å². The third-order valence-corrected chi connectivity index (χ3v) is 5.48. The number of benzene rings is 1. The first-order valence-corrected chi connectivity index (χ1v) is 9.45. The van der Waals surface area contributed by atoms with E-state index in [-0.39, 0.29) is 5.91 Å². The maximum Gasteiger partial charge on any atom is 0.258 e. The topological polar surface area (TPSA) is 54.3 Å². The molecule has 0 radical (unpaired) electrons. The number of aromatic nitrogens is 3. The molecule has 1 aromatic carbocycles. The van der Waals surface area contributed by atoms with Crippen molar-refractivity contribution >= 4 is 17.3 Å². The van der Waals surface area contributed by atoms with Crippen molar-refractivity contribution in [3.63, 3.8) is 0 Å². The Hall–Kier alpha value is -3.15. The quantitative estimate of drug-likeness (QED) is 0.705. The zero-order valence-corrected chi connectivity index (χ0v) is 15.0. The van der Waals surface area contributed by atoms with E-state index >= 15 is 0 Å². The van der Waals surface area contributed by atoms with Gasteiger partial charge in [0.25, 0.3) is 5.91 Å². The number of hydrogen-bond donors (Lipinski definition) is 0. The van der Waals surface area contributed by atoms with Gasteiger partial charge in [-0.15, -0.1) is 0 Å². The molecule has 3 aromatic rings. The molecule has 0 aliphatic carbocycles. The number of fused-ring (bicyclic) bond motifs is 3. The Morgan fingerprint density at radius 1 is 1.04 bits per heavy atom. The molecule has 6 nitrogen and oxygen atoms in total. The number of hydrogen-bond acceptors (Lipinski definition) is 4. The van der Waals surface area contributed by atoms with E-state index in [1.54, 1.807) is 23.1 Å². The van der Waals surface area contributed by atoms with Crippen molar-refractivity contribution in [3.05, 3.63) is 66.6 Å². The van der Waals surface area contributed by atoms with Gasteiger partial charge in [0.2, 0.25) is 0 Å². The third kappa shape index (κ3) is 2.77. The van der Waals surface area contributed by atoms with Gasteiger partial charge in [0.05, 0.1) is 11.4 Å². The third-order valence-electron chi connectivity index (χ3n) is 5.48. The molecule has 2 aliphatic heterocycles. The molecule has 136 valence electrons. The zero-order chi connectivity index (χ0) is 18.2. The summed E-state index contributed by atoms with van der Waals surface area (Å²) in [6.45, 7) is 1.80. The van der Waals surface area contributed by atoms with Crippen molar-refractivity contribution in [2.45, 2.75) is 25.3 Å². The molecule has 2 aliphatic rings. The Kier molecular flexibility index (Phi) is 3.89. The standard InChI is InChI=1S/C21H21N5O/c27-21(16-9-11-22-20(14-16)26-13-5-10-23-26)25-15-17-6-3-4-12-24(17)18-7-1-2-8-19(18)25/h1-2,5,7-11,13-14,17H,3-4,6,12,15H2/t17-/m1/s1. The van der Waals surface area contributed by atoms with Crippen LogP contribution in [0.3, 0.4) is 0 Å². The van der Waals surface area contributed by atoms with Gasteiger partial charge >= 0.3 is 0 Å². The van der Waals surface area contributed by atoms with E-state index in [2.05, 4.69) is 27.1 Å². The molecule has 4 heterocycles. The summed E-state index contributed by atoms with van der Waals surface area (Å²) in [6, 6.07) is 14.1. The molecule has 6 heteroatoms. The first-order valence-electron chi connectivity index (χ1n) is 9.45. The Morgan fingerprint density at radius 2 is 1.93 bits per heavy atom. The predicted octanol–water partition coefficient (Wildman–Crippen LogP) is 3.29. The maximum absolute atomic E-state index is 13.4. The normalized spacial score (nSPS) is 18.7. The zero-order valence-electron chi connectivity index (χ0n) is 15.0. The number of carbonyl (C=O) groups is 1. The number of para-hydroxylation sites is 2. The predicted molar refractivity (Wildman–Crippen MR) is 104 cm³/mol. The van der Waals surface area contributed by atoms with Crippen LogP contribution < -0.4 is 9.80 Å². The highest BCUT2D eigenvalue weighted by atomic mass is 16.2. The SMILES string of the molecule is O=C(c1ccnc(-n2cccn2)c1)N1C[C@H]2CCCCN2c2ccccc21. The van der Waals surface area contributed by atoms with Gasteiger partial charge in [-0.1, -0.05) is 12.1 Å². The highest BCUT2D eigenvalue weighted by Gasteiger charge is 2.35. The fourth-order valence-corrected chi connectivity index (χ4v) is 4.18. The summed E-state index contributed by atoms with van der Waals surface area (Å²) in [5.41, 5.74) is 2.80. The fourth-order valence-electron chi connectivity index (χ4n) is 4.18. The van der Waals surface area contributed by atoms with Crippen molar-refractivity contribution in [2.24, 2.45) is 0 Å². The first-order chi connectivity index (χ1) is 13.3. The summed E-state index contributed by atoms with van der Waals surface area (Å²) in [6.07, 6.45) is 8.78. The van der Waals surface area contributed by atoms with Crippen molar-refractivity contribution in [3.8, 4) is 5.82 Å². The summed E-state index contributed by atoms with van der Waals surface area (Å²) in [5, 5.41) is 4.21. The molecule has 0 saturated carbocycles. The number of nitrogens with zero attached hydrogens (tertiary/aromatic N) is 5. The van der Waals surface area contributed by atoms with Crippen LogP contribution in [-0.4, -0.2) is 39.8 Å². The molecule has 27 heavy (non-hydrogen) atoms. The van der Waals surface area contributed by atoms with E-state index in [9.17, 15) is 4.79 Å². The molecule has 0 N–H and O–H groups in total. The molecule has 2 aromatic heterocycles. The summed E-state index contributed by atoms with van der Waals surface area (Å²) >= 11 is 0.